The summed E-state index contributed by atoms with van der Waals surface area (Å²) in [6, 6.07) is 21.0. The maximum Gasteiger partial charge on any atom is 0.315 e. The highest BCUT2D eigenvalue weighted by molar-refractivity contribution is 8.03. The van der Waals surface area contributed by atoms with Crippen molar-refractivity contribution in [1.82, 2.24) is 5.32 Å². The van der Waals surface area contributed by atoms with Crippen LogP contribution in [0.25, 0.3) is 0 Å². The third-order valence-electron chi connectivity index (χ3n) is 6.07. The summed E-state index contributed by atoms with van der Waals surface area (Å²) in [6.45, 7) is 1.75. The molecule has 196 valence electrons. The number of furan rings is 1. The lowest BCUT2D eigenvalue weighted by Crippen LogP contribution is -2.56. The smallest absolute Gasteiger partial charge is 0.315 e. The van der Waals surface area contributed by atoms with E-state index in [1.54, 1.807) is 73.7 Å². The molecule has 1 aliphatic rings. The van der Waals surface area contributed by atoms with Gasteiger partial charge in [0.25, 0.3) is 0 Å². The van der Waals surface area contributed by atoms with Crippen LogP contribution in [0.3, 0.4) is 0 Å². The number of nitriles is 1. The SMILES string of the molecule is CCOC(=O)[C@@H]1[C@H](c2ccco2)C(C#N)=C(SCC(=O)Nc2cccc(OC)c2)N[C@@]1(O)c1ccccc1. The lowest BCUT2D eigenvalue weighted by atomic mass is 9.73. The van der Waals surface area contributed by atoms with Gasteiger partial charge in [0.05, 0.1) is 48.3 Å². The Bertz CT molecular complexity index is 1350. The zero-order chi connectivity index (χ0) is 27.1. The highest BCUT2D eigenvalue weighted by Gasteiger charge is 2.55. The number of aliphatic hydroxyl groups is 1. The normalized spacial score (nSPS) is 20.7. The number of rotatable bonds is 9. The number of carbonyl (C=O) groups is 2. The van der Waals surface area contributed by atoms with E-state index in [0.29, 0.717) is 22.8 Å². The van der Waals surface area contributed by atoms with Gasteiger partial charge in [-0.3, -0.25) is 9.59 Å². The number of amides is 1. The number of anilines is 1. The van der Waals surface area contributed by atoms with Crippen molar-refractivity contribution < 1.29 is 28.6 Å². The summed E-state index contributed by atoms with van der Waals surface area (Å²) >= 11 is 1.04. The van der Waals surface area contributed by atoms with Crippen molar-refractivity contribution in [3.63, 3.8) is 0 Å². The number of nitrogens with one attached hydrogen (secondary N) is 2. The van der Waals surface area contributed by atoms with Crippen molar-refractivity contribution in [3.8, 4) is 11.8 Å². The van der Waals surface area contributed by atoms with Gasteiger partial charge in [-0.2, -0.15) is 5.26 Å². The molecule has 0 fully saturated rings. The topological polar surface area (TPSA) is 134 Å². The van der Waals surface area contributed by atoms with Gasteiger partial charge in [-0.25, -0.2) is 0 Å². The second-order valence-electron chi connectivity index (χ2n) is 8.40. The van der Waals surface area contributed by atoms with Crippen LogP contribution in [0, 0.1) is 17.2 Å². The van der Waals surface area contributed by atoms with Gasteiger partial charge in [0.1, 0.15) is 17.4 Å². The Labute approximate surface area is 224 Å². The van der Waals surface area contributed by atoms with E-state index in [-0.39, 0.29) is 28.9 Å². The van der Waals surface area contributed by atoms with E-state index in [4.69, 9.17) is 13.9 Å². The van der Waals surface area contributed by atoms with E-state index in [1.807, 2.05) is 0 Å². The Morgan fingerprint density at radius 3 is 2.63 bits per heavy atom. The molecule has 10 heteroatoms. The molecule has 0 radical (unpaired) electrons. The molecule has 0 saturated carbocycles. The maximum atomic E-state index is 13.3. The van der Waals surface area contributed by atoms with Crippen molar-refractivity contribution in [1.29, 1.82) is 5.26 Å². The summed E-state index contributed by atoms with van der Waals surface area (Å²) in [7, 11) is 1.54. The van der Waals surface area contributed by atoms with Crippen LogP contribution in [0.2, 0.25) is 0 Å². The van der Waals surface area contributed by atoms with Gasteiger partial charge >= 0.3 is 5.97 Å². The van der Waals surface area contributed by atoms with Crippen molar-refractivity contribution >= 4 is 29.3 Å². The van der Waals surface area contributed by atoms with Crippen LogP contribution in [-0.2, 0) is 20.1 Å². The number of esters is 1. The van der Waals surface area contributed by atoms with Crippen LogP contribution in [0.5, 0.6) is 5.75 Å². The number of methoxy groups -OCH3 is 1. The quantitative estimate of drug-likeness (QED) is 0.348. The van der Waals surface area contributed by atoms with E-state index in [1.165, 1.54) is 13.4 Å². The minimum atomic E-state index is -1.96. The van der Waals surface area contributed by atoms with Crippen LogP contribution >= 0.6 is 11.8 Å². The van der Waals surface area contributed by atoms with Gasteiger partial charge in [-0.05, 0) is 31.2 Å². The van der Waals surface area contributed by atoms with Gasteiger partial charge in [0, 0.05) is 17.3 Å². The molecular weight excluding hydrogens is 506 g/mol. The fraction of sp³-hybridized carbons (Fsp3) is 0.250. The lowest BCUT2D eigenvalue weighted by molar-refractivity contribution is -0.164. The second-order valence-corrected chi connectivity index (χ2v) is 9.39. The molecule has 0 bridgehead atoms. The predicted molar refractivity (Wildman–Crippen MR) is 142 cm³/mol. The molecule has 1 aliphatic heterocycles. The third-order valence-corrected chi connectivity index (χ3v) is 7.09. The molecule has 2 heterocycles. The standard InChI is InChI=1S/C28H27N3O6S/c1-3-36-27(33)25-24(22-13-8-14-37-22)21(16-29)26(31-28(25,34)18-9-5-4-6-10-18)38-17-23(32)30-19-11-7-12-20(15-19)35-2/h4-15,24-25,31,34H,3,17H2,1-2H3,(H,30,32)/t24-,25-,28+/m0/s1. The number of nitrogens with zero attached hydrogens (tertiary/aromatic N) is 1. The zero-order valence-corrected chi connectivity index (χ0v) is 21.7. The third kappa shape index (κ3) is 5.54. The summed E-state index contributed by atoms with van der Waals surface area (Å²) in [4.78, 5) is 26.1. The van der Waals surface area contributed by atoms with Gasteiger partial charge in [-0.1, -0.05) is 48.2 Å². The Hall–Kier alpha value is -4.20. The molecule has 0 spiro atoms. The van der Waals surface area contributed by atoms with Gasteiger partial charge < -0.3 is 29.6 Å². The first-order valence-corrected chi connectivity index (χ1v) is 12.9. The first-order valence-electron chi connectivity index (χ1n) is 11.9. The summed E-state index contributed by atoms with van der Waals surface area (Å²) < 4.78 is 16.2. The predicted octanol–water partition coefficient (Wildman–Crippen LogP) is 4.11. The number of thioether (sulfide) groups is 1. The van der Waals surface area contributed by atoms with E-state index in [2.05, 4.69) is 16.7 Å². The van der Waals surface area contributed by atoms with Gasteiger partial charge in [-0.15, -0.1) is 0 Å². The largest absolute Gasteiger partial charge is 0.497 e. The molecule has 3 atom stereocenters. The number of carbonyl (C=O) groups excluding carboxylic acids is 2. The van der Waals surface area contributed by atoms with Crippen LogP contribution in [0.1, 0.15) is 24.2 Å². The Balaban J connectivity index is 1.72. The Morgan fingerprint density at radius 2 is 1.97 bits per heavy atom. The molecule has 1 aromatic heterocycles. The summed E-state index contributed by atoms with van der Waals surface area (Å²) in [5, 5.41) is 28.3. The Kier molecular flexibility index (Phi) is 8.41. The highest BCUT2D eigenvalue weighted by atomic mass is 32.2. The fourth-order valence-electron chi connectivity index (χ4n) is 4.39. The van der Waals surface area contributed by atoms with Crippen LogP contribution in [0.4, 0.5) is 5.69 Å². The molecule has 0 saturated heterocycles. The first-order chi connectivity index (χ1) is 18.4. The van der Waals surface area contributed by atoms with E-state index in [0.717, 1.165) is 11.8 Å². The average molecular weight is 534 g/mol. The minimum absolute atomic E-state index is 0.0788. The molecule has 3 aromatic rings. The molecule has 9 nitrogen and oxygen atoms in total. The van der Waals surface area contributed by atoms with Crippen molar-refractivity contribution in [2.75, 3.05) is 24.8 Å². The van der Waals surface area contributed by atoms with Gasteiger partial charge in [0.15, 0.2) is 5.72 Å². The lowest BCUT2D eigenvalue weighted by Gasteiger charge is -2.44. The molecule has 0 unspecified atom stereocenters. The number of allylic oxidation sites excluding steroid dienone is 1. The van der Waals surface area contributed by atoms with Crippen molar-refractivity contribution in [2.24, 2.45) is 5.92 Å². The van der Waals surface area contributed by atoms with Crippen LogP contribution in [-0.4, -0.2) is 36.5 Å². The van der Waals surface area contributed by atoms with E-state index >= 15 is 0 Å². The number of benzene rings is 2. The highest BCUT2D eigenvalue weighted by Crippen LogP contribution is 2.49. The zero-order valence-electron chi connectivity index (χ0n) is 20.8. The molecule has 38 heavy (non-hydrogen) atoms. The maximum absolute atomic E-state index is 13.3. The molecular formula is C28H27N3O6S. The number of hydrogen-bond acceptors (Lipinski definition) is 9. The van der Waals surface area contributed by atoms with Crippen LogP contribution < -0.4 is 15.4 Å². The number of hydrogen-bond donors (Lipinski definition) is 3. The average Bonchev–Trinajstić information content (AvgIpc) is 3.47. The summed E-state index contributed by atoms with van der Waals surface area (Å²) in [5.41, 5.74) is -0.863. The van der Waals surface area contributed by atoms with Crippen LogP contribution in [0.15, 0.2) is 88.0 Å². The molecule has 0 aliphatic carbocycles. The fourth-order valence-corrected chi connectivity index (χ4v) is 5.30. The monoisotopic (exact) mass is 533 g/mol. The van der Waals surface area contributed by atoms with Crippen molar-refractivity contribution in [2.45, 2.75) is 18.6 Å². The van der Waals surface area contributed by atoms with Gasteiger partial charge in [0.2, 0.25) is 5.91 Å². The first kappa shape index (κ1) is 26.9. The molecule has 4 rings (SSSR count). The summed E-state index contributed by atoms with van der Waals surface area (Å²) in [6.07, 6.45) is 1.44. The molecule has 3 N–H and O–H groups in total. The Morgan fingerprint density at radius 1 is 1.18 bits per heavy atom. The molecule has 2 aromatic carbocycles. The molecule has 1 amide bonds. The second kappa shape index (κ2) is 11.9. The van der Waals surface area contributed by atoms with Crippen molar-refractivity contribution in [3.05, 3.63) is 94.9 Å². The minimum Gasteiger partial charge on any atom is -0.497 e. The van der Waals surface area contributed by atoms with E-state index in [9.17, 15) is 20.0 Å². The van der Waals surface area contributed by atoms with E-state index < -0.39 is 23.5 Å². The summed E-state index contributed by atoms with van der Waals surface area (Å²) in [5.74, 6) is -2.41. The number of ether oxygens (including phenoxy) is 2.